The Morgan fingerprint density at radius 2 is 2.08 bits per heavy atom. The molecule has 0 aromatic carbocycles. The predicted molar refractivity (Wildman–Crippen MR) is 97.6 cm³/mol. The van der Waals surface area contributed by atoms with Crippen molar-refractivity contribution in [3.8, 4) is 0 Å². The molecule has 1 amide bonds. The highest BCUT2D eigenvalue weighted by Gasteiger charge is 2.49. The molecule has 1 N–H and O–H groups in total. The van der Waals surface area contributed by atoms with E-state index in [2.05, 4.69) is 10.2 Å². The van der Waals surface area contributed by atoms with Crippen molar-refractivity contribution in [3.05, 3.63) is 0 Å². The monoisotopic (exact) mass is 348 g/mol. The number of piperazine rings is 1. The summed E-state index contributed by atoms with van der Waals surface area (Å²) in [6.45, 7) is 9.85. The number of hydrogen-bond acceptors (Lipinski definition) is 5. The van der Waals surface area contributed by atoms with Gasteiger partial charge >= 0.3 is 6.09 Å². The summed E-state index contributed by atoms with van der Waals surface area (Å²) in [5.41, 5.74) is 0.117. The van der Waals surface area contributed by atoms with Crippen LogP contribution in [0.1, 0.15) is 52.9 Å². The van der Waals surface area contributed by atoms with Crippen LogP contribution >= 0.6 is 0 Å². The lowest BCUT2D eigenvalue weighted by molar-refractivity contribution is 0.0136. The summed E-state index contributed by atoms with van der Waals surface area (Å²) in [4.78, 5) is 21.2. The number of nitrogens with one attached hydrogen (secondary N) is 1. The minimum absolute atomic E-state index is 0.198. The van der Waals surface area contributed by atoms with Gasteiger partial charge in [-0.05, 0) is 57.8 Å². The molecule has 6 heteroatoms. The third kappa shape index (κ3) is 3.44. The summed E-state index contributed by atoms with van der Waals surface area (Å²) in [7, 11) is 0. The highest BCUT2D eigenvalue weighted by molar-refractivity contribution is 5.82. The van der Waals surface area contributed by atoms with E-state index in [0.717, 1.165) is 31.5 Å². The largest absolute Gasteiger partial charge is 0.444 e. The Balaban J connectivity index is 1.29. The van der Waals surface area contributed by atoms with E-state index in [-0.39, 0.29) is 6.09 Å². The van der Waals surface area contributed by atoms with Crippen molar-refractivity contribution in [1.82, 2.24) is 15.1 Å². The van der Waals surface area contributed by atoms with E-state index in [1.165, 1.54) is 32.1 Å². The highest BCUT2D eigenvalue weighted by Crippen LogP contribution is 2.56. The van der Waals surface area contributed by atoms with Crippen molar-refractivity contribution in [2.45, 2.75) is 64.5 Å². The SMILES string of the molecule is CC(C)(C)OC(=O)N1CCN2C(NCC3(C4CC4)CCC3)=NCC2C1. The van der Waals surface area contributed by atoms with Gasteiger partial charge in [0.1, 0.15) is 5.60 Å². The normalized spacial score (nSPS) is 28.1. The zero-order valence-corrected chi connectivity index (χ0v) is 15.9. The molecule has 2 aliphatic carbocycles. The van der Waals surface area contributed by atoms with Crippen LogP contribution in [0, 0.1) is 11.3 Å². The predicted octanol–water partition coefficient (Wildman–Crippen LogP) is 2.45. The van der Waals surface area contributed by atoms with Crippen LogP contribution in [-0.4, -0.2) is 66.2 Å². The molecule has 4 rings (SSSR count). The minimum Gasteiger partial charge on any atom is -0.444 e. The van der Waals surface area contributed by atoms with Gasteiger partial charge in [-0.1, -0.05) is 6.42 Å². The van der Waals surface area contributed by atoms with Crippen LogP contribution in [0.15, 0.2) is 4.99 Å². The van der Waals surface area contributed by atoms with E-state index < -0.39 is 5.60 Å². The van der Waals surface area contributed by atoms with Gasteiger partial charge in [0.25, 0.3) is 0 Å². The van der Waals surface area contributed by atoms with Crippen molar-refractivity contribution in [3.63, 3.8) is 0 Å². The average molecular weight is 348 g/mol. The first kappa shape index (κ1) is 17.0. The summed E-state index contributed by atoms with van der Waals surface area (Å²) in [5.74, 6) is 2.01. The van der Waals surface area contributed by atoms with Crippen LogP contribution in [-0.2, 0) is 4.74 Å². The van der Waals surface area contributed by atoms with Crippen LogP contribution in [0.2, 0.25) is 0 Å². The molecule has 0 aromatic heterocycles. The minimum atomic E-state index is -0.437. The average Bonchev–Trinajstić information content (AvgIpc) is 3.25. The van der Waals surface area contributed by atoms with Crippen molar-refractivity contribution >= 4 is 12.1 Å². The number of amides is 1. The number of carbonyl (C=O) groups excluding carboxylic acids is 1. The summed E-state index contributed by atoms with van der Waals surface area (Å²) < 4.78 is 5.52. The van der Waals surface area contributed by atoms with Crippen LogP contribution in [0.4, 0.5) is 4.79 Å². The topological polar surface area (TPSA) is 57.2 Å². The lowest BCUT2D eigenvalue weighted by Crippen LogP contribution is -2.58. The van der Waals surface area contributed by atoms with Gasteiger partial charge in [0.15, 0.2) is 5.96 Å². The summed E-state index contributed by atoms with van der Waals surface area (Å²) in [6, 6.07) is 0.294. The molecule has 3 fully saturated rings. The Morgan fingerprint density at radius 3 is 2.68 bits per heavy atom. The second kappa shape index (κ2) is 6.06. The van der Waals surface area contributed by atoms with E-state index in [1.807, 2.05) is 25.7 Å². The summed E-state index contributed by atoms with van der Waals surface area (Å²) in [5, 5.41) is 3.67. The molecule has 1 unspecified atom stereocenters. The molecule has 140 valence electrons. The fraction of sp³-hybridized carbons (Fsp3) is 0.895. The number of ether oxygens (including phenoxy) is 1. The maximum atomic E-state index is 12.3. The fourth-order valence-corrected chi connectivity index (χ4v) is 4.53. The van der Waals surface area contributed by atoms with Crippen molar-refractivity contribution in [2.75, 3.05) is 32.7 Å². The van der Waals surface area contributed by atoms with Crippen LogP contribution < -0.4 is 5.32 Å². The summed E-state index contributed by atoms with van der Waals surface area (Å²) in [6.07, 6.45) is 6.80. The zero-order valence-electron chi connectivity index (χ0n) is 15.9. The third-order valence-corrected chi connectivity index (χ3v) is 6.25. The molecular formula is C19H32N4O2. The molecule has 4 aliphatic rings. The quantitative estimate of drug-likeness (QED) is 0.851. The Hall–Kier alpha value is -1.46. The number of aliphatic imine (C=N–C) groups is 1. The first-order valence-corrected chi connectivity index (χ1v) is 9.89. The van der Waals surface area contributed by atoms with E-state index in [0.29, 0.717) is 24.5 Å². The molecule has 2 aliphatic heterocycles. The standard InChI is InChI=1S/C19H32N4O2/c1-18(2,3)25-17(24)22-9-10-23-15(12-22)11-20-16(23)21-13-19(7-4-8-19)14-5-6-14/h14-15H,4-13H2,1-3H3,(H,20,21). The number of nitrogens with zero attached hydrogens (tertiary/aromatic N) is 3. The van der Waals surface area contributed by atoms with Crippen LogP contribution in [0.5, 0.6) is 0 Å². The highest BCUT2D eigenvalue weighted by atomic mass is 16.6. The molecular weight excluding hydrogens is 316 g/mol. The molecule has 1 saturated heterocycles. The van der Waals surface area contributed by atoms with Gasteiger partial charge in [-0.3, -0.25) is 4.99 Å². The molecule has 0 aromatic rings. The number of rotatable bonds is 3. The first-order chi connectivity index (χ1) is 11.9. The number of hydrogen-bond donors (Lipinski definition) is 1. The van der Waals surface area contributed by atoms with Gasteiger partial charge in [-0.2, -0.15) is 0 Å². The molecule has 25 heavy (non-hydrogen) atoms. The molecule has 0 spiro atoms. The Kier molecular flexibility index (Phi) is 4.12. The lowest BCUT2D eigenvalue weighted by atomic mass is 9.65. The maximum Gasteiger partial charge on any atom is 0.410 e. The second-order valence-electron chi connectivity index (χ2n) is 9.28. The number of guanidine groups is 1. The maximum absolute atomic E-state index is 12.3. The molecule has 0 radical (unpaired) electrons. The Morgan fingerprint density at radius 1 is 1.32 bits per heavy atom. The van der Waals surface area contributed by atoms with Crippen molar-refractivity contribution < 1.29 is 9.53 Å². The third-order valence-electron chi connectivity index (χ3n) is 6.25. The van der Waals surface area contributed by atoms with Gasteiger partial charge in [0.2, 0.25) is 0 Å². The first-order valence-electron chi connectivity index (χ1n) is 9.89. The molecule has 2 heterocycles. The van der Waals surface area contributed by atoms with Gasteiger partial charge in [0.05, 0.1) is 12.6 Å². The number of fused-ring (bicyclic) bond motifs is 1. The van der Waals surface area contributed by atoms with Crippen molar-refractivity contribution in [2.24, 2.45) is 16.3 Å². The Labute approximate surface area is 151 Å². The summed E-state index contributed by atoms with van der Waals surface area (Å²) >= 11 is 0. The molecule has 1 atom stereocenters. The van der Waals surface area contributed by atoms with E-state index in [4.69, 9.17) is 9.73 Å². The molecule has 2 saturated carbocycles. The van der Waals surface area contributed by atoms with Crippen LogP contribution in [0.25, 0.3) is 0 Å². The zero-order chi connectivity index (χ0) is 17.7. The Bertz CT molecular complexity index is 560. The van der Waals surface area contributed by atoms with Gasteiger partial charge < -0.3 is 19.9 Å². The van der Waals surface area contributed by atoms with Gasteiger partial charge in [-0.25, -0.2) is 4.79 Å². The smallest absolute Gasteiger partial charge is 0.410 e. The van der Waals surface area contributed by atoms with Gasteiger partial charge in [0, 0.05) is 26.2 Å². The second-order valence-corrected chi connectivity index (χ2v) is 9.28. The van der Waals surface area contributed by atoms with E-state index in [1.54, 1.807) is 0 Å². The fourth-order valence-electron chi connectivity index (χ4n) is 4.53. The lowest BCUT2D eigenvalue weighted by Gasteiger charge is -2.44. The molecule has 6 nitrogen and oxygen atoms in total. The van der Waals surface area contributed by atoms with Gasteiger partial charge in [-0.15, -0.1) is 0 Å². The van der Waals surface area contributed by atoms with E-state index in [9.17, 15) is 4.79 Å². The number of carbonyl (C=O) groups is 1. The van der Waals surface area contributed by atoms with Crippen LogP contribution in [0.3, 0.4) is 0 Å². The molecule has 0 bridgehead atoms. The van der Waals surface area contributed by atoms with Crippen molar-refractivity contribution in [1.29, 1.82) is 0 Å². The van der Waals surface area contributed by atoms with E-state index >= 15 is 0 Å².